The highest BCUT2D eigenvalue weighted by molar-refractivity contribution is 5.96. The highest BCUT2D eigenvalue weighted by Gasteiger charge is 2.24. The van der Waals surface area contributed by atoms with Crippen LogP contribution in [0.5, 0.6) is 5.88 Å². The summed E-state index contributed by atoms with van der Waals surface area (Å²) >= 11 is 0. The van der Waals surface area contributed by atoms with Crippen LogP contribution in [0.2, 0.25) is 0 Å². The predicted molar refractivity (Wildman–Crippen MR) is 80.5 cm³/mol. The zero-order chi connectivity index (χ0) is 15.2. The summed E-state index contributed by atoms with van der Waals surface area (Å²) in [6.45, 7) is 9.09. The molecule has 0 unspecified atom stereocenters. The van der Waals surface area contributed by atoms with Crippen LogP contribution >= 0.6 is 0 Å². The molecule has 116 valence electrons. The summed E-state index contributed by atoms with van der Waals surface area (Å²) in [5.41, 5.74) is 0.406. The Kier molecular flexibility index (Phi) is 5.50. The number of carbonyl (C=O) groups is 1. The summed E-state index contributed by atoms with van der Waals surface area (Å²) < 4.78 is 5.43. The second kappa shape index (κ2) is 7.36. The molecule has 0 saturated carbocycles. The van der Waals surface area contributed by atoms with Gasteiger partial charge < -0.3 is 10.1 Å². The zero-order valence-corrected chi connectivity index (χ0v) is 13.1. The fraction of sp³-hybridized carbons (Fsp3) is 0.667. The number of likely N-dealkylation sites (tertiary alicyclic amines) is 1. The van der Waals surface area contributed by atoms with E-state index in [0.29, 0.717) is 36.5 Å². The average molecular weight is 292 g/mol. The minimum atomic E-state index is -0.165. The Bertz CT molecular complexity index is 493. The van der Waals surface area contributed by atoms with E-state index in [-0.39, 0.29) is 5.91 Å². The van der Waals surface area contributed by atoms with Gasteiger partial charge in [0.2, 0.25) is 5.88 Å². The van der Waals surface area contributed by atoms with Gasteiger partial charge in [0.25, 0.3) is 5.91 Å². The van der Waals surface area contributed by atoms with Gasteiger partial charge in [-0.1, -0.05) is 6.92 Å². The molecule has 1 saturated heterocycles. The summed E-state index contributed by atoms with van der Waals surface area (Å²) in [6, 6.07) is 0.431. The van der Waals surface area contributed by atoms with Crippen molar-refractivity contribution in [1.29, 1.82) is 0 Å². The van der Waals surface area contributed by atoms with Crippen LogP contribution in [0.25, 0.3) is 0 Å². The predicted octanol–water partition coefficient (Wildman–Crippen LogP) is 1.40. The number of nitrogens with one attached hydrogen (secondary N) is 1. The number of hydrogen-bond donors (Lipinski definition) is 1. The van der Waals surface area contributed by atoms with E-state index in [1.165, 1.54) is 12.6 Å². The lowest BCUT2D eigenvalue weighted by Gasteiger charge is -2.23. The number of nitrogens with zero attached hydrogens (tertiary/aromatic N) is 3. The van der Waals surface area contributed by atoms with Gasteiger partial charge in [-0.3, -0.25) is 9.69 Å². The first-order valence-electron chi connectivity index (χ1n) is 7.64. The molecule has 1 N–H and O–H groups in total. The molecule has 1 aliphatic rings. The molecular weight excluding hydrogens is 268 g/mol. The van der Waals surface area contributed by atoms with Crippen LogP contribution in [-0.2, 0) is 0 Å². The van der Waals surface area contributed by atoms with Crippen molar-refractivity contribution in [1.82, 2.24) is 20.2 Å². The van der Waals surface area contributed by atoms with E-state index < -0.39 is 0 Å². The number of amides is 1. The van der Waals surface area contributed by atoms with E-state index >= 15 is 0 Å². The minimum Gasteiger partial charge on any atom is -0.477 e. The summed E-state index contributed by atoms with van der Waals surface area (Å²) in [5, 5.41) is 2.98. The van der Waals surface area contributed by atoms with Crippen molar-refractivity contribution >= 4 is 5.91 Å². The Morgan fingerprint density at radius 1 is 1.52 bits per heavy atom. The lowest BCUT2D eigenvalue weighted by molar-refractivity contribution is 0.0936. The summed E-state index contributed by atoms with van der Waals surface area (Å²) in [5.74, 6) is 0.797. The molecule has 0 radical (unpaired) electrons. The van der Waals surface area contributed by atoms with Gasteiger partial charge >= 0.3 is 0 Å². The Hall–Kier alpha value is -1.69. The van der Waals surface area contributed by atoms with Gasteiger partial charge in [0, 0.05) is 18.8 Å². The van der Waals surface area contributed by atoms with Crippen LogP contribution in [0.3, 0.4) is 0 Å². The topological polar surface area (TPSA) is 67.3 Å². The van der Waals surface area contributed by atoms with Crippen LogP contribution in [0.15, 0.2) is 6.20 Å². The van der Waals surface area contributed by atoms with E-state index in [1.807, 2.05) is 6.92 Å². The van der Waals surface area contributed by atoms with E-state index in [9.17, 15) is 4.79 Å². The fourth-order valence-electron chi connectivity index (χ4n) is 2.70. The fourth-order valence-corrected chi connectivity index (χ4v) is 2.70. The SMILES string of the molecule is CCOc1nc(C)ncc1C(=O)NC[C@H]1CCCN1CC. The van der Waals surface area contributed by atoms with Crippen molar-refractivity contribution in [2.45, 2.75) is 39.7 Å². The molecule has 1 atom stereocenters. The number of aryl methyl sites for hydroxylation is 1. The third-order valence-corrected chi connectivity index (χ3v) is 3.80. The molecule has 21 heavy (non-hydrogen) atoms. The number of carbonyl (C=O) groups excluding carboxylic acids is 1. The van der Waals surface area contributed by atoms with Crippen molar-refractivity contribution in [3.8, 4) is 5.88 Å². The first-order chi connectivity index (χ1) is 10.2. The zero-order valence-electron chi connectivity index (χ0n) is 13.1. The average Bonchev–Trinajstić information content (AvgIpc) is 2.93. The van der Waals surface area contributed by atoms with Gasteiger partial charge in [-0.15, -0.1) is 0 Å². The lowest BCUT2D eigenvalue weighted by atomic mass is 10.2. The second-order valence-electron chi connectivity index (χ2n) is 5.20. The van der Waals surface area contributed by atoms with Gasteiger partial charge in [0.15, 0.2) is 0 Å². The van der Waals surface area contributed by atoms with Crippen molar-refractivity contribution in [3.63, 3.8) is 0 Å². The largest absolute Gasteiger partial charge is 0.477 e. The number of likely N-dealkylation sites (N-methyl/N-ethyl adjacent to an activating group) is 1. The standard InChI is InChI=1S/C15H24N4O2/c1-4-19-8-6-7-12(19)9-17-14(20)13-10-16-11(3)18-15(13)21-5-2/h10,12H,4-9H2,1-3H3,(H,17,20)/t12-/m1/s1. The molecule has 1 aliphatic heterocycles. The van der Waals surface area contributed by atoms with Gasteiger partial charge in [-0.2, -0.15) is 4.98 Å². The molecule has 6 nitrogen and oxygen atoms in total. The molecule has 1 aromatic heterocycles. The highest BCUT2D eigenvalue weighted by atomic mass is 16.5. The molecule has 2 rings (SSSR count). The van der Waals surface area contributed by atoms with Gasteiger partial charge in [-0.05, 0) is 39.8 Å². The van der Waals surface area contributed by atoms with Crippen molar-refractivity contribution in [3.05, 3.63) is 17.6 Å². The third-order valence-electron chi connectivity index (χ3n) is 3.80. The molecule has 0 aromatic carbocycles. The molecule has 2 heterocycles. The summed E-state index contributed by atoms with van der Waals surface area (Å²) in [4.78, 5) is 23.0. The van der Waals surface area contributed by atoms with E-state index in [4.69, 9.17) is 4.74 Å². The number of hydrogen-bond acceptors (Lipinski definition) is 5. The molecule has 0 aliphatic carbocycles. The normalized spacial score (nSPS) is 18.7. The smallest absolute Gasteiger partial charge is 0.258 e. The molecular formula is C15H24N4O2. The molecule has 1 aromatic rings. The number of aromatic nitrogens is 2. The minimum absolute atomic E-state index is 0.165. The maximum absolute atomic E-state index is 12.3. The van der Waals surface area contributed by atoms with Crippen LogP contribution in [0.1, 0.15) is 42.9 Å². The molecule has 0 bridgehead atoms. The first kappa shape index (κ1) is 15.7. The van der Waals surface area contributed by atoms with Gasteiger partial charge in [0.05, 0.1) is 6.61 Å². The molecule has 1 fully saturated rings. The Balaban J connectivity index is 2.00. The third kappa shape index (κ3) is 3.91. The first-order valence-corrected chi connectivity index (χ1v) is 7.64. The Morgan fingerprint density at radius 3 is 3.05 bits per heavy atom. The molecule has 0 spiro atoms. The van der Waals surface area contributed by atoms with Crippen LogP contribution in [0, 0.1) is 6.92 Å². The maximum atomic E-state index is 12.3. The van der Waals surface area contributed by atoms with Crippen molar-refractivity contribution in [2.75, 3.05) is 26.2 Å². The Labute approximate surface area is 125 Å². The van der Waals surface area contributed by atoms with E-state index in [2.05, 4.69) is 27.1 Å². The van der Waals surface area contributed by atoms with E-state index in [0.717, 1.165) is 19.5 Å². The van der Waals surface area contributed by atoms with Crippen molar-refractivity contribution in [2.24, 2.45) is 0 Å². The van der Waals surface area contributed by atoms with Crippen molar-refractivity contribution < 1.29 is 9.53 Å². The van der Waals surface area contributed by atoms with Gasteiger partial charge in [0.1, 0.15) is 11.4 Å². The molecule has 6 heteroatoms. The summed E-state index contributed by atoms with van der Waals surface area (Å²) in [7, 11) is 0. The van der Waals surface area contributed by atoms with Crippen LogP contribution in [-0.4, -0.2) is 53.1 Å². The maximum Gasteiger partial charge on any atom is 0.258 e. The monoisotopic (exact) mass is 292 g/mol. The Morgan fingerprint density at radius 2 is 2.33 bits per heavy atom. The summed E-state index contributed by atoms with van der Waals surface area (Å²) in [6.07, 6.45) is 3.87. The lowest BCUT2D eigenvalue weighted by Crippen LogP contribution is -2.40. The quantitative estimate of drug-likeness (QED) is 0.858. The number of rotatable bonds is 6. The molecule has 1 amide bonds. The van der Waals surface area contributed by atoms with Crippen LogP contribution in [0.4, 0.5) is 0 Å². The van der Waals surface area contributed by atoms with E-state index in [1.54, 1.807) is 6.92 Å². The number of ether oxygens (including phenoxy) is 1. The van der Waals surface area contributed by atoms with Gasteiger partial charge in [-0.25, -0.2) is 4.98 Å². The highest BCUT2D eigenvalue weighted by Crippen LogP contribution is 2.17. The second-order valence-corrected chi connectivity index (χ2v) is 5.20. The van der Waals surface area contributed by atoms with Crippen LogP contribution < -0.4 is 10.1 Å².